The summed E-state index contributed by atoms with van der Waals surface area (Å²) in [7, 11) is 3.14. The van der Waals surface area contributed by atoms with Crippen LogP contribution in [0.2, 0.25) is 0 Å². The number of aliphatic hydroxyl groups excluding tert-OH is 1. The second kappa shape index (κ2) is 6.96. The molecule has 0 aliphatic rings. The fraction of sp³-hybridized carbons (Fsp3) is 0.462. The highest BCUT2D eigenvalue weighted by Gasteiger charge is 2.15. The number of carbonyl (C=O) groups is 1. The maximum atomic E-state index is 11.4. The van der Waals surface area contributed by atoms with Gasteiger partial charge in [0.2, 0.25) is 5.91 Å². The number of ether oxygens (including phenoxy) is 2. The normalized spacial score (nSPS) is 11.8. The molecule has 4 N–H and O–H groups in total. The van der Waals surface area contributed by atoms with Gasteiger partial charge in [-0.2, -0.15) is 0 Å². The predicted octanol–water partition coefficient (Wildman–Crippen LogP) is -0.0520. The number of benzene rings is 1. The molecule has 0 saturated heterocycles. The van der Waals surface area contributed by atoms with E-state index in [1.54, 1.807) is 26.4 Å². The summed E-state index contributed by atoms with van der Waals surface area (Å²) in [6, 6.07) is 3.61. The van der Waals surface area contributed by atoms with E-state index in [1.807, 2.05) is 6.92 Å². The van der Waals surface area contributed by atoms with Crippen LogP contribution < -0.4 is 20.5 Å². The number of hydrogen-bond acceptors (Lipinski definition) is 5. The second-order valence-corrected chi connectivity index (χ2v) is 4.05. The van der Waals surface area contributed by atoms with E-state index >= 15 is 0 Å². The first-order chi connectivity index (χ1) is 9.04. The molecule has 1 unspecified atom stereocenters. The zero-order chi connectivity index (χ0) is 14.4. The Morgan fingerprint density at radius 3 is 2.63 bits per heavy atom. The van der Waals surface area contributed by atoms with Gasteiger partial charge >= 0.3 is 0 Å². The van der Waals surface area contributed by atoms with Crippen molar-refractivity contribution >= 4 is 5.91 Å². The van der Waals surface area contributed by atoms with Crippen LogP contribution in [-0.2, 0) is 11.3 Å². The Kier molecular flexibility index (Phi) is 5.59. The third-order valence-electron chi connectivity index (χ3n) is 2.84. The van der Waals surface area contributed by atoms with Crippen LogP contribution in [0.1, 0.15) is 11.1 Å². The van der Waals surface area contributed by atoms with Gasteiger partial charge in [-0.1, -0.05) is 0 Å². The van der Waals surface area contributed by atoms with Crippen LogP contribution in [0.25, 0.3) is 0 Å². The summed E-state index contributed by atoms with van der Waals surface area (Å²) < 4.78 is 10.5. The zero-order valence-corrected chi connectivity index (χ0v) is 11.4. The zero-order valence-electron chi connectivity index (χ0n) is 11.4. The average Bonchev–Trinajstić information content (AvgIpc) is 2.43. The van der Waals surface area contributed by atoms with E-state index in [4.69, 9.17) is 15.2 Å². The van der Waals surface area contributed by atoms with Gasteiger partial charge in [0.1, 0.15) is 17.6 Å². The van der Waals surface area contributed by atoms with Gasteiger partial charge < -0.3 is 25.6 Å². The van der Waals surface area contributed by atoms with Crippen LogP contribution in [-0.4, -0.2) is 37.9 Å². The Labute approximate surface area is 112 Å². The Hall–Kier alpha value is -1.79. The van der Waals surface area contributed by atoms with Gasteiger partial charge in [-0.15, -0.1) is 0 Å². The monoisotopic (exact) mass is 268 g/mol. The molecule has 0 heterocycles. The van der Waals surface area contributed by atoms with E-state index in [0.717, 1.165) is 11.1 Å². The van der Waals surface area contributed by atoms with Crippen molar-refractivity contribution in [2.75, 3.05) is 20.8 Å². The molecule has 0 aromatic heterocycles. The molecule has 1 atom stereocenters. The summed E-state index contributed by atoms with van der Waals surface area (Å²) in [4.78, 5) is 11.4. The molecule has 0 aliphatic carbocycles. The Balaban J connectivity index is 2.84. The molecule has 6 nitrogen and oxygen atoms in total. The highest BCUT2D eigenvalue weighted by Crippen LogP contribution is 2.31. The van der Waals surface area contributed by atoms with Crippen molar-refractivity contribution in [3.63, 3.8) is 0 Å². The molecule has 0 aliphatic heterocycles. The number of aliphatic hydroxyl groups is 1. The van der Waals surface area contributed by atoms with Gasteiger partial charge in [0.05, 0.1) is 14.2 Å². The number of hydrogen-bond donors (Lipinski definition) is 3. The van der Waals surface area contributed by atoms with Gasteiger partial charge in [0.15, 0.2) is 0 Å². The van der Waals surface area contributed by atoms with Gasteiger partial charge in [-0.25, -0.2) is 0 Å². The number of carbonyl (C=O) groups excluding carboxylic acids is 1. The highest BCUT2D eigenvalue weighted by molar-refractivity contribution is 5.80. The topological polar surface area (TPSA) is 93.8 Å². The molecule has 106 valence electrons. The molecule has 0 saturated carbocycles. The molecule has 1 aromatic carbocycles. The lowest BCUT2D eigenvalue weighted by Gasteiger charge is -2.15. The summed E-state index contributed by atoms with van der Waals surface area (Å²) in [6.45, 7) is 2.02. The summed E-state index contributed by atoms with van der Waals surface area (Å²) in [5, 5.41) is 11.9. The largest absolute Gasteiger partial charge is 0.496 e. The first-order valence-electron chi connectivity index (χ1n) is 5.91. The van der Waals surface area contributed by atoms with Crippen molar-refractivity contribution in [3.05, 3.63) is 23.3 Å². The van der Waals surface area contributed by atoms with Gasteiger partial charge in [0, 0.05) is 24.2 Å². The van der Waals surface area contributed by atoms with Crippen LogP contribution in [0.3, 0.4) is 0 Å². The highest BCUT2D eigenvalue weighted by atomic mass is 16.5. The van der Waals surface area contributed by atoms with Crippen molar-refractivity contribution in [2.45, 2.75) is 19.6 Å². The maximum absolute atomic E-state index is 11.4. The molecule has 1 amide bonds. The summed E-state index contributed by atoms with van der Waals surface area (Å²) in [5.41, 5.74) is 6.87. The first kappa shape index (κ1) is 15.3. The second-order valence-electron chi connectivity index (χ2n) is 4.05. The van der Waals surface area contributed by atoms with Crippen molar-refractivity contribution < 1.29 is 19.4 Å². The Bertz CT molecular complexity index is 449. The number of methoxy groups -OCH3 is 2. The quantitative estimate of drug-likeness (QED) is 0.672. The van der Waals surface area contributed by atoms with Crippen LogP contribution in [0.4, 0.5) is 0 Å². The van der Waals surface area contributed by atoms with E-state index in [2.05, 4.69) is 5.32 Å². The first-order valence-corrected chi connectivity index (χ1v) is 5.91. The number of rotatable bonds is 6. The molecular formula is C13H20N2O4. The smallest absolute Gasteiger partial charge is 0.250 e. The Morgan fingerprint density at radius 1 is 1.42 bits per heavy atom. The van der Waals surface area contributed by atoms with E-state index < -0.39 is 12.0 Å². The fourth-order valence-electron chi connectivity index (χ4n) is 1.78. The summed E-state index contributed by atoms with van der Waals surface area (Å²) >= 11 is 0. The minimum Gasteiger partial charge on any atom is -0.496 e. The third kappa shape index (κ3) is 3.59. The van der Waals surface area contributed by atoms with Gasteiger partial charge in [0.25, 0.3) is 0 Å². The SMILES string of the molecule is COc1ccc(CNC(=O)C(O)CN)c(OC)c1C. The van der Waals surface area contributed by atoms with Crippen LogP contribution in [0, 0.1) is 6.92 Å². The van der Waals surface area contributed by atoms with E-state index in [0.29, 0.717) is 11.5 Å². The molecule has 6 heteroatoms. The molecule has 0 spiro atoms. The molecule has 0 radical (unpaired) electrons. The molecule has 0 bridgehead atoms. The molecular weight excluding hydrogens is 248 g/mol. The predicted molar refractivity (Wildman–Crippen MR) is 71.2 cm³/mol. The number of nitrogens with one attached hydrogen (secondary N) is 1. The maximum Gasteiger partial charge on any atom is 0.250 e. The Morgan fingerprint density at radius 2 is 2.11 bits per heavy atom. The minimum atomic E-state index is -1.19. The van der Waals surface area contributed by atoms with E-state index in [9.17, 15) is 9.90 Å². The molecule has 1 aromatic rings. The van der Waals surface area contributed by atoms with Crippen LogP contribution in [0.15, 0.2) is 12.1 Å². The van der Waals surface area contributed by atoms with Gasteiger partial charge in [-0.05, 0) is 19.1 Å². The van der Waals surface area contributed by atoms with E-state index in [1.165, 1.54) is 0 Å². The van der Waals surface area contributed by atoms with Crippen molar-refractivity contribution in [1.82, 2.24) is 5.32 Å². The molecule has 19 heavy (non-hydrogen) atoms. The standard InChI is InChI=1S/C13H20N2O4/c1-8-11(18-2)5-4-9(12(8)19-3)7-15-13(17)10(16)6-14/h4-5,10,16H,6-7,14H2,1-3H3,(H,15,17). The lowest BCUT2D eigenvalue weighted by molar-refractivity contribution is -0.128. The molecule has 1 rings (SSSR count). The van der Waals surface area contributed by atoms with Crippen molar-refractivity contribution in [2.24, 2.45) is 5.73 Å². The van der Waals surface area contributed by atoms with E-state index in [-0.39, 0.29) is 13.1 Å². The minimum absolute atomic E-state index is 0.107. The van der Waals surface area contributed by atoms with Crippen LogP contribution in [0.5, 0.6) is 11.5 Å². The fourth-order valence-corrected chi connectivity index (χ4v) is 1.78. The van der Waals surface area contributed by atoms with Crippen LogP contribution >= 0.6 is 0 Å². The lowest BCUT2D eigenvalue weighted by atomic mass is 10.1. The van der Waals surface area contributed by atoms with Crippen molar-refractivity contribution in [1.29, 1.82) is 0 Å². The average molecular weight is 268 g/mol. The number of amides is 1. The molecule has 0 fully saturated rings. The summed E-state index contributed by atoms with van der Waals surface area (Å²) in [5.74, 6) is 0.869. The van der Waals surface area contributed by atoms with Gasteiger partial charge in [-0.3, -0.25) is 4.79 Å². The number of nitrogens with two attached hydrogens (primary N) is 1. The third-order valence-corrected chi connectivity index (χ3v) is 2.84. The lowest BCUT2D eigenvalue weighted by Crippen LogP contribution is -2.38. The summed E-state index contributed by atoms with van der Waals surface area (Å²) in [6.07, 6.45) is -1.19. The van der Waals surface area contributed by atoms with Crippen molar-refractivity contribution in [3.8, 4) is 11.5 Å².